The highest BCUT2D eigenvalue weighted by molar-refractivity contribution is 5.43. The molecule has 1 saturated heterocycles. The smallest absolute Gasteiger partial charge is 0.266 e. The zero-order chi connectivity index (χ0) is 10.8. The second-order valence-corrected chi connectivity index (χ2v) is 4.54. The number of hydrogen-bond donors (Lipinski definition) is 1. The molecule has 0 aliphatic carbocycles. The van der Waals surface area contributed by atoms with Gasteiger partial charge in [0.15, 0.2) is 0 Å². The van der Waals surface area contributed by atoms with Crippen molar-refractivity contribution in [3.8, 4) is 0 Å². The van der Waals surface area contributed by atoms with Crippen molar-refractivity contribution in [2.24, 2.45) is 11.8 Å². The van der Waals surface area contributed by atoms with Crippen molar-refractivity contribution < 1.29 is 0 Å². The molecule has 0 saturated carbocycles. The molecular formula is C11H17N3O. The second-order valence-electron chi connectivity index (χ2n) is 4.54. The Morgan fingerprint density at radius 1 is 1.60 bits per heavy atom. The fraction of sp³-hybridized carbons (Fsp3) is 0.636. The van der Waals surface area contributed by atoms with Crippen LogP contribution < -0.4 is 10.5 Å². The molecular weight excluding hydrogens is 190 g/mol. The van der Waals surface area contributed by atoms with Gasteiger partial charge in [-0.15, -0.1) is 0 Å². The normalized spacial score (nSPS) is 21.3. The van der Waals surface area contributed by atoms with Gasteiger partial charge in [0.05, 0.1) is 11.9 Å². The molecule has 0 spiro atoms. The Kier molecular flexibility index (Phi) is 2.75. The summed E-state index contributed by atoms with van der Waals surface area (Å²) in [6.07, 6.45) is 2.94. The summed E-state index contributed by atoms with van der Waals surface area (Å²) in [7, 11) is 0. The Bertz CT molecular complexity index is 385. The van der Waals surface area contributed by atoms with Gasteiger partial charge in [0.25, 0.3) is 5.56 Å². The molecule has 1 atom stereocenters. The number of rotatable bonds is 2. The Balaban J connectivity index is 2.11. The Labute approximate surface area is 89.3 Å². The third-order valence-electron chi connectivity index (χ3n) is 3.18. The highest BCUT2D eigenvalue weighted by Crippen LogP contribution is 2.26. The largest absolute Gasteiger partial charge is 0.370 e. The lowest BCUT2D eigenvalue weighted by Gasteiger charge is -2.18. The van der Waals surface area contributed by atoms with E-state index in [-0.39, 0.29) is 5.56 Å². The summed E-state index contributed by atoms with van der Waals surface area (Å²) < 4.78 is 0. The Hall–Kier alpha value is -1.32. The first kappa shape index (κ1) is 10.2. The molecule has 1 aromatic rings. The molecule has 1 unspecified atom stereocenters. The number of aromatic nitrogens is 2. The fourth-order valence-electron chi connectivity index (χ4n) is 2.10. The van der Waals surface area contributed by atoms with Crippen molar-refractivity contribution in [2.75, 3.05) is 18.0 Å². The second kappa shape index (κ2) is 4.04. The van der Waals surface area contributed by atoms with Crippen LogP contribution in [0.25, 0.3) is 0 Å². The topological polar surface area (TPSA) is 49.0 Å². The van der Waals surface area contributed by atoms with Gasteiger partial charge in [0.2, 0.25) is 0 Å². The maximum absolute atomic E-state index is 11.1. The maximum atomic E-state index is 11.1. The molecule has 1 fully saturated rings. The summed E-state index contributed by atoms with van der Waals surface area (Å²) in [4.78, 5) is 13.4. The van der Waals surface area contributed by atoms with E-state index in [1.165, 1.54) is 6.42 Å². The van der Waals surface area contributed by atoms with Crippen LogP contribution in [-0.4, -0.2) is 23.3 Å². The van der Waals surface area contributed by atoms with Crippen molar-refractivity contribution in [1.82, 2.24) is 10.2 Å². The molecule has 4 nitrogen and oxygen atoms in total. The van der Waals surface area contributed by atoms with Crippen LogP contribution in [-0.2, 0) is 0 Å². The Morgan fingerprint density at radius 3 is 3.00 bits per heavy atom. The van der Waals surface area contributed by atoms with Crippen LogP contribution in [0.2, 0.25) is 0 Å². The summed E-state index contributed by atoms with van der Waals surface area (Å²) in [5, 5.41) is 6.22. The summed E-state index contributed by atoms with van der Waals surface area (Å²) in [5.74, 6) is 1.45. The highest BCUT2D eigenvalue weighted by Gasteiger charge is 2.25. The number of nitrogens with one attached hydrogen (secondary N) is 1. The SMILES string of the molecule is CC(C)C1CCN(c2cn[nH]c(=O)c2)C1. The van der Waals surface area contributed by atoms with Crippen molar-refractivity contribution in [2.45, 2.75) is 20.3 Å². The zero-order valence-electron chi connectivity index (χ0n) is 9.23. The van der Waals surface area contributed by atoms with Crippen molar-refractivity contribution in [3.05, 3.63) is 22.6 Å². The predicted molar refractivity (Wildman–Crippen MR) is 60.0 cm³/mol. The van der Waals surface area contributed by atoms with Crippen molar-refractivity contribution in [1.29, 1.82) is 0 Å². The minimum atomic E-state index is -0.125. The van der Waals surface area contributed by atoms with E-state index in [0.29, 0.717) is 5.92 Å². The quantitative estimate of drug-likeness (QED) is 0.794. The zero-order valence-corrected chi connectivity index (χ0v) is 9.23. The number of nitrogens with zero attached hydrogens (tertiary/aromatic N) is 2. The molecule has 0 aromatic carbocycles. The first-order valence-corrected chi connectivity index (χ1v) is 5.46. The molecule has 0 amide bonds. The summed E-state index contributed by atoms with van der Waals surface area (Å²) in [5.41, 5.74) is 0.822. The number of anilines is 1. The van der Waals surface area contributed by atoms with E-state index in [2.05, 4.69) is 28.9 Å². The van der Waals surface area contributed by atoms with Gasteiger partial charge in [-0.2, -0.15) is 5.10 Å². The van der Waals surface area contributed by atoms with Crippen molar-refractivity contribution in [3.63, 3.8) is 0 Å². The van der Waals surface area contributed by atoms with E-state index < -0.39 is 0 Å². The van der Waals surface area contributed by atoms with Crippen molar-refractivity contribution >= 4 is 5.69 Å². The average Bonchev–Trinajstić information content (AvgIpc) is 2.66. The monoisotopic (exact) mass is 207 g/mol. The fourth-order valence-corrected chi connectivity index (χ4v) is 2.10. The molecule has 0 bridgehead atoms. The molecule has 1 aromatic heterocycles. The van der Waals surface area contributed by atoms with Gasteiger partial charge in [-0.1, -0.05) is 13.8 Å². The lowest BCUT2D eigenvalue weighted by molar-refractivity contribution is 0.422. The van der Waals surface area contributed by atoms with E-state index in [1.807, 2.05) is 0 Å². The van der Waals surface area contributed by atoms with Crippen LogP contribution in [0.15, 0.2) is 17.1 Å². The van der Waals surface area contributed by atoms with Gasteiger partial charge in [-0.05, 0) is 18.3 Å². The van der Waals surface area contributed by atoms with E-state index >= 15 is 0 Å². The van der Waals surface area contributed by atoms with Crippen LogP contribution in [0.4, 0.5) is 5.69 Å². The minimum Gasteiger partial charge on any atom is -0.370 e. The molecule has 2 rings (SSSR count). The molecule has 0 radical (unpaired) electrons. The van der Waals surface area contributed by atoms with E-state index in [1.54, 1.807) is 12.3 Å². The lowest BCUT2D eigenvalue weighted by Crippen LogP contribution is -2.23. The van der Waals surface area contributed by atoms with Crippen LogP contribution in [0.3, 0.4) is 0 Å². The molecule has 2 heterocycles. The van der Waals surface area contributed by atoms with Gasteiger partial charge in [0.1, 0.15) is 0 Å². The van der Waals surface area contributed by atoms with E-state index in [4.69, 9.17) is 0 Å². The number of H-pyrrole nitrogens is 1. The molecule has 1 aliphatic heterocycles. The lowest BCUT2D eigenvalue weighted by atomic mass is 9.95. The van der Waals surface area contributed by atoms with Crippen LogP contribution in [0.1, 0.15) is 20.3 Å². The van der Waals surface area contributed by atoms with Crippen LogP contribution in [0.5, 0.6) is 0 Å². The Morgan fingerprint density at radius 2 is 2.40 bits per heavy atom. The van der Waals surface area contributed by atoms with Gasteiger partial charge in [-0.3, -0.25) is 4.79 Å². The van der Waals surface area contributed by atoms with Gasteiger partial charge in [-0.25, -0.2) is 5.10 Å². The number of aromatic amines is 1. The molecule has 1 aliphatic rings. The standard InChI is InChI=1S/C11H17N3O/c1-8(2)9-3-4-14(7-9)10-5-11(15)13-12-6-10/h5-6,8-9H,3-4,7H2,1-2H3,(H,13,15). The van der Waals surface area contributed by atoms with E-state index in [9.17, 15) is 4.79 Å². The highest BCUT2D eigenvalue weighted by atomic mass is 16.1. The third-order valence-corrected chi connectivity index (χ3v) is 3.18. The van der Waals surface area contributed by atoms with Crippen LogP contribution in [0, 0.1) is 11.8 Å². The van der Waals surface area contributed by atoms with E-state index in [0.717, 1.165) is 24.7 Å². The minimum absolute atomic E-state index is 0.125. The first-order valence-electron chi connectivity index (χ1n) is 5.46. The maximum Gasteiger partial charge on any atom is 0.266 e. The number of hydrogen-bond acceptors (Lipinski definition) is 3. The average molecular weight is 207 g/mol. The van der Waals surface area contributed by atoms with Gasteiger partial charge >= 0.3 is 0 Å². The molecule has 15 heavy (non-hydrogen) atoms. The van der Waals surface area contributed by atoms with Gasteiger partial charge < -0.3 is 4.90 Å². The molecule has 4 heteroatoms. The summed E-state index contributed by atoms with van der Waals surface area (Å²) in [6.45, 7) is 6.59. The molecule has 82 valence electrons. The molecule has 1 N–H and O–H groups in total. The van der Waals surface area contributed by atoms with Crippen LogP contribution >= 0.6 is 0 Å². The summed E-state index contributed by atoms with van der Waals surface area (Å²) in [6, 6.07) is 1.62. The first-order chi connectivity index (χ1) is 7.16. The van der Waals surface area contributed by atoms with Gasteiger partial charge in [0, 0.05) is 19.2 Å². The predicted octanol–water partition coefficient (Wildman–Crippen LogP) is 1.25. The third kappa shape index (κ3) is 2.19. The summed E-state index contributed by atoms with van der Waals surface area (Å²) >= 11 is 0.